The molecule has 0 amide bonds. The summed E-state index contributed by atoms with van der Waals surface area (Å²) in [5.74, 6) is 0.502. The van der Waals surface area contributed by atoms with Crippen molar-refractivity contribution in [3.63, 3.8) is 0 Å². The van der Waals surface area contributed by atoms with Gasteiger partial charge in [-0.05, 0) is 31.5 Å². The highest BCUT2D eigenvalue weighted by molar-refractivity contribution is 5.28. The Labute approximate surface area is 106 Å². The number of aliphatic hydroxyl groups excluding tert-OH is 3. The molecule has 5 atom stereocenters. The molecular formula is C13H17O5. The van der Waals surface area contributed by atoms with Gasteiger partial charge in [0.25, 0.3) is 0 Å². The predicted molar refractivity (Wildman–Crippen MR) is 63.9 cm³/mol. The first-order chi connectivity index (χ1) is 8.49. The number of rotatable bonds is 2. The van der Waals surface area contributed by atoms with Crippen LogP contribution in [0.15, 0.2) is 24.3 Å². The first-order valence-corrected chi connectivity index (χ1v) is 5.77. The van der Waals surface area contributed by atoms with E-state index in [1.807, 2.05) is 0 Å². The SMILES string of the molecule is [CH2]c1ccc(O[C@@H]2O[C@@H](C)[C@H](O)[C@@H](O)[C@H]2O)cc1. The minimum absolute atomic E-state index is 0.502. The fourth-order valence-corrected chi connectivity index (χ4v) is 1.81. The molecule has 0 saturated carbocycles. The average molecular weight is 253 g/mol. The molecule has 1 saturated heterocycles. The van der Waals surface area contributed by atoms with Crippen molar-refractivity contribution in [1.29, 1.82) is 0 Å². The van der Waals surface area contributed by atoms with Gasteiger partial charge in [-0.25, -0.2) is 0 Å². The fourth-order valence-electron chi connectivity index (χ4n) is 1.81. The lowest BCUT2D eigenvalue weighted by Crippen LogP contribution is -2.58. The van der Waals surface area contributed by atoms with Crippen LogP contribution in [0.2, 0.25) is 0 Å². The van der Waals surface area contributed by atoms with Crippen LogP contribution in [0.5, 0.6) is 5.75 Å². The Hall–Kier alpha value is -1.14. The molecule has 0 aromatic heterocycles. The molecular weight excluding hydrogens is 236 g/mol. The molecule has 0 unspecified atom stereocenters. The van der Waals surface area contributed by atoms with E-state index in [4.69, 9.17) is 9.47 Å². The second-order valence-electron chi connectivity index (χ2n) is 4.44. The molecule has 18 heavy (non-hydrogen) atoms. The number of benzene rings is 1. The van der Waals surface area contributed by atoms with Gasteiger partial charge in [0, 0.05) is 0 Å². The van der Waals surface area contributed by atoms with E-state index in [1.165, 1.54) is 0 Å². The first kappa shape index (κ1) is 13.3. The minimum Gasteiger partial charge on any atom is -0.462 e. The molecule has 3 N–H and O–H groups in total. The van der Waals surface area contributed by atoms with E-state index >= 15 is 0 Å². The maximum absolute atomic E-state index is 9.77. The van der Waals surface area contributed by atoms with Gasteiger partial charge in [-0.1, -0.05) is 12.1 Å². The van der Waals surface area contributed by atoms with Crippen molar-refractivity contribution in [3.8, 4) is 5.75 Å². The second-order valence-corrected chi connectivity index (χ2v) is 4.44. The average Bonchev–Trinajstić information content (AvgIpc) is 2.36. The zero-order chi connectivity index (χ0) is 13.3. The maximum atomic E-state index is 9.77. The maximum Gasteiger partial charge on any atom is 0.229 e. The van der Waals surface area contributed by atoms with Gasteiger partial charge in [0.2, 0.25) is 6.29 Å². The van der Waals surface area contributed by atoms with Crippen molar-refractivity contribution < 1.29 is 24.8 Å². The lowest BCUT2D eigenvalue weighted by Gasteiger charge is -2.38. The van der Waals surface area contributed by atoms with Gasteiger partial charge >= 0.3 is 0 Å². The number of aliphatic hydroxyl groups is 3. The highest BCUT2D eigenvalue weighted by Crippen LogP contribution is 2.24. The molecule has 0 bridgehead atoms. The van der Waals surface area contributed by atoms with Gasteiger partial charge < -0.3 is 24.8 Å². The molecule has 1 aromatic rings. The molecule has 0 spiro atoms. The van der Waals surface area contributed by atoms with Gasteiger partial charge in [-0.3, -0.25) is 0 Å². The van der Waals surface area contributed by atoms with Crippen molar-refractivity contribution in [3.05, 3.63) is 36.8 Å². The van der Waals surface area contributed by atoms with Crippen LogP contribution in [-0.4, -0.2) is 46.0 Å². The van der Waals surface area contributed by atoms with Crippen molar-refractivity contribution in [2.24, 2.45) is 0 Å². The van der Waals surface area contributed by atoms with Gasteiger partial charge in [-0.15, -0.1) is 0 Å². The summed E-state index contributed by atoms with van der Waals surface area (Å²) < 4.78 is 10.8. The van der Waals surface area contributed by atoms with Crippen molar-refractivity contribution in [2.75, 3.05) is 0 Å². The summed E-state index contributed by atoms with van der Waals surface area (Å²) in [5.41, 5.74) is 0.844. The molecule has 1 heterocycles. The fraction of sp³-hybridized carbons (Fsp3) is 0.462. The number of hydrogen-bond acceptors (Lipinski definition) is 5. The van der Waals surface area contributed by atoms with E-state index in [1.54, 1.807) is 31.2 Å². The van der Waals surface area contributed by atoms with Crippen molar-refractivity contribution in [1.82, 2.24) is 0 Å². The Bertz CT molecular complexity index is 391. The van der Waals surface area contributed by atoms with Crippen molar-refractivity contribution in [2.45, 2.75) is 37.6 Å². The standard InChI is InChI=1S/C13H17O5/c1-7-3-5-9(6-4-7)18-13-12(16)11(15)10(14)8(2)17-13/h3-6,8,10-16H,1H2,2H3/t8-,10-,11+,12+,13-/m0/s1. The van der Waals surface area contributed by atoms with E-state index < -0.39 is 30.7 Å². The van der Waals surface area contributed by atoms with Crippen LogP contribution < -0.4 is 4.74 Å². The van der Waals surface area contributed by atoms with Crippen LogP contribution in [0.4, 0.5) is 0 Å². The lowest BCUT2D eigenvalue weighted by molar-refractivity contribution is -0.268. The summed E-state index contributed by atoms with van der Waals surface area (Å²) in [4.78, 5) is 0. The summed E-state index contributed by atoms with van der Waals surface area (Å²) in [6, 6.07) is 6.92. The summed E-state index contributed by atoms with van der Waals surface area (Å²) in [7, 11) is 0. The third-order valence-corrected chi connectivity index (χ3v) is 2.98. The van der Waals surface area contributed by atoms with Crippen molar-refractivity contribution >= 4 is 0 Å². The van der Waals surface area contributed by atoms with Crippen LogP contribution in [0.25, 0.3) is 0 Å². The summed E-state index contributed by atoms with van der Waals surface area (Å²) in [6.07, 6.45) is -5.32. The Kier molecular flexibility index (Phi) is 3.87. The number of ether oxygens (including phenoxy) is 2. The molecule has 5 heteroatoms. The predicted octanol–water partition coefficient (Wildman–Crippen LogP) is 0.0751. The zero-order valence-electron chi connectivity index (χ0n) is 10.1. The second kappa shape index (κ2) is 5.24. The summed E-state index contributed by atoms with van der Waals surface area (Å²) >= 11 is 0. The Morgan fingerprint density at radius 3 is 2.28 bits per heavy atom. The highest BCUT2D eigenvalue weighted by atomic mass is 16.7. The molecule has 1 fully saturated rings. The Morgan fingerprint density at radius 2 is 1.67 bits per heavy atom. The van der Waals surface area contributed by atoms with Gasteiger partial charge in [-0.2, -0.15) is 0 Å². The Morgan fingerprint density at radius 1 is 1.06 bits per heavy atom. The molecule has 1 aromatic carbocycles. The minimum atomic E-state index is -1.30. The zero-order valence-corrected chi connectivity index (χ0v) is 10.1. The number of hydrogen-bond donors (Lipinski definition) is 3. The van der Waals surface area contributed by atoms with Gasteiger partial charge in [0.1, 0.15) is 24.1 Å². The van der Waals surface area contributed by atoms with E-state index in [9.17, 15) is 15.3 Å². The van der Waals surface area contributed by atoms with Gasteiger partial charge in [0.15, 0.2) is 0 Å². The van der Waals surface area contributed by atoms with E-state index in [0.717, 1.165) is 5.56 Å². The molecule has 1 aliphatic heterocycles. The lowest BCUT2D eigenvalue weighted by atomic mass is 10.00. The third kappa shape index (κ3) is 2.64. The topological polar surface area (TPSA) is 79.2 Å². The van der Waals surface area contributed by atoms with Gasteiger partial charge in [0.05, 0.1) is 6.10 Å². The largest absolute Gasteiger partial charge is 0.462 e. The van der Waals surface area contributed by atoms with Crippen LogP contribution in [0.1, 0.15) is 12.5 Å². The van der Waals surface area contributed by atoms with Crippen LogP contribution in [-0.2, 0) is 4.74 Å². The molecule has 0 aliphatic carbocycles. The molecule has 2 rings (SSSR count). The smallest absolute Gasteiger partial charge is 0.229 e. The normalized spacial score (nSPS) is 36.4. The summed E-state index contributed by atoms with van der Waals surface area (Å²) in [6.45, 7) is 5.35. The van der Waals surface area contributed by atoms with Crippen LogP contribution in [0.3, 0.4) is 0 Å². The molecule has 1 aliphatic rings. The van der Waals surface area contributed by atoms with E-state index in [0.29, 0.717) is 5.75 Å². The molecule has 5 nitrogen and oxygen atoms in total. The van der Waals surface area contributed by atoms with E-state index in [2.05, 4.69) is 6.92 Å². The molecule has 1 radical (unpaired) electrons. The monoisotopic (exact) mass is 253 g/mol. The third-order valence-electron chi connectivity index (χ3n) is 2.98. The van der Waals surface area contributed by atoms with Crippen LogP contribution in [0, 0.1) is 6.92 Å². The van der Waals surface area contributed by atoms with Crippen LogP contribution >= 0.6 is 0 Å². The summed E-state index contributed by atoms with van der Waals surface area (Å²) in [5, 5.41) is 28.9. The first-order valence-electron chi connectivity index (χ1n) is 5.77. The quantitative estimate of drug-likeness (QED) is 0.695. The molecule has 99 valence electrons. The van der Waals surface area contributed by atoms with E-state index in [-0.39, 0.29) is 0 Å². The Balaban J connectivity index is 2.06. The highest BCUT2D eigenvalue weighted by Gasteiger charge is 2.43.